The van der Waals surface area contributed by atoms with E-state index in [1.54, 1.807) is 19.1 Å². The highest BCUT2D eigenvalue weighted by atomic mass is 35.5. The third-order valence-corrected chi connectivity index (χ3v) is 4.90. The van der Waals surface area contributed by atoms with E-state index in [0.29, 0.717) is 23.7 Å². The fraction of sp³-hybridized carbons (Fsp3) is 0.455. The van der Waals surface area contributed by atoms with Gasteiger partial charge in [0.1, 0.15) is 6.73 Å². The Morgan fingerprint density at radius 3 is 2.82 bits per heavy atom. The summed E-state index contributed by atoms with van der Waals surface area (Å²) in [5.74, 6) is 0. The first-order chi connectivity index (χ1) is 8.01. The van der Waals surface area contributed by atoms with Gasteiger partial charge in [0.2, 0.25) is 10.0 Å². The van der Waals surface area contributed by atoms with Gasteiger partial charge in [-0.2, -0.15) is 4.31 Å². The van der Waals surface area contributed by atoms with E-state index in [2.05, 4.69) is 0 Å². The van der Waals surface area contributed by atoms with Gasteiger partial charge in [0.25, 0.3) is 0 Å². The molecule has 6 heteroatoms. The molecule has 1 aromatic rings. The second kappa shape index (κ2) is 4.94. The summed E-state index contributed by atoms with van der Waals surface area (Å²) in [6, 6.07) is 4.88. The predicted molar refractivity (Wildman–Crippen MR) is 65.5 cm³/mol. The fourth-order valence-corrected chi connectivity index (χ4v) is 3.60. The Morgan fingerprint density at radius 2 is 2.18 bits per heavy atom. The molecule has 0 aliphatic carbocycles. The summed E-state index contributed by atoms with van der Waals surface area (Å²) in [5, 5.41) is 0.423. The largest absolute Gasteiger partial charge is 0.365 e. The summed E-state index contributed by atoms with van der Waals surface area (Å²) in [4.78, 5) is 0.260. The first-order valence-corrected chi connectivity index (χ1v) is 7.17. The van der Waals surface area contributed by atoms with Gasteiger partial charge in [-0.1, -0.05) is 17.7 Å². The average Bonchev–Trinajstić information content (AvgIpc) is 2.33. The molecule has 0 N–H and O–H groups in total. The summed E-state index contributed by atoms with van der Waals surface area (Å²) in [5.41, 5.74) is 0.694. The van der Waals surface area contributed by atoms with Gasteiger partial charge in [0.05, 0.1) is 4.90 Å². The third-order valence-electron chi connectivity index (χ3n) is 2.70. The second-order valence-corrected chi connectivity index (χ2v) is 6.32. The molecule has 1 aromatic carbocycles. The summed E-state index contributed by atoms with van der Waals surface area (Å²) < 4.78 is 31.2. The van der Waals surface area contributed by atoms with Crippen LogP contribution in [0.25, 0.3) is 0 Å². The Labute approximate surface area is 106 Å². The van der Waals surface area contributed by atoms with Crippen LogP contribution in [-0.4, -0.2) is 32.6 Å². The minimum atomic E-state index is -3.49. The average molecular weight is 276 g/mol. The molecule has 1 aliphatic heterocycles. The van der Waals surface area contributed by atoms with Gasteiger partial charge in [-0.25, -0.2) is 8.42 Å². The van der Waals surface area contributed by atoms with Crippen LogP contribution in [0.3, 0.4) is 0 Å². The van der Waals surface area contributed by atoms with Crippen LogP contribution < -0.4 is 0 Å². The monoisotopic (exact) mass is 275 g/mol. The van der Waals surface area contributed by atoms with Crippen LogP contribution in [0.5, 0.6) is 0 Å². The van der Waals surface area contributed by atoms with Gasteiger partial charge < -0.3 is 4.74 Å². The normalized spacial score (nSPS) is 18.2. The third kappa shape index (κ3) is 2.63. The van der Waals surface area contributed by atoms with Crippen molar-refractivity contribution >= 4 is 21.6 Å². The molecule has 1 fully saturated rings. The van der Waals surface area contributed by atoms with Gasteiger partial charge in [0, 0.05) is 18.2 Å². The van der Waals surface area contributed by atoms with Crippen molar-refractivity contribution in [1.82, 2.24) is 4.31 Å². The fourth-order valence-electron chi connectivity index (χ4n) is 1.75. The number of halogens is 1. The predicted octanol–water partition coefficient (Wildman–Crippen LogP) is 2.02. The van der Waals surface area contributed by atoms with Crippen LogP contribution in [0.2, 0.25) is 5.02 Å². The Hall–Kier alpha value is -0.620. The maximum atomic E-state index is 12.3. The number of ether oxygens (including phenoxy) is 1. The van der Waals surface area contributed by atoms with Gasteiger partial charge >= 0.3 is 0 Å². The zero-order chi connectivity index (χ0) is 12.5. The molecule has 0 saturated carbocycles. The molecule has 1 aliphatic rings. The highest BCUT2D eigenvalue weighted by molar-refractivity contribution is 7.89. The molecule has 0 spiro atoms. The lowest BCUT2D eigenvalue weighted by Gasteiger charge is -2.26. The Morgan fingerprint density at radius 1 is 1.41 bits per heavy atom. The standard InChI is InChI=1S/C11H14ClNO3S/c1-9-3-4-10(12)7-11(9)17(14,15)13-5-2-6-16-8-13/h3-4,7H,2,5-6,8H2,1H3. The topological polar surface area (TPSA) is 46.6 Å². The second-order valence-electron chi connectivity index (χ2n) is 3.98. The van der Waals surface area contributed by atoms with Gasteiger partial charge in [-0.3, -0.25) is 0 Å². The molecule has 94 valence electrons. The van der Waals surface area contributed by atoms with Crippen molar-refractivity contribution in [2.75, 3.05) is 19.9 Å². The van der Waals surface area contributed by atoms with Crippen molar-refractivity contribution in [1.29, 1.82) is 0 Å². The lowest BCUT2D eigenvalue weighted by Crippen LogP contribution is -2.38. The summed E-state index contributed by atoms with van der Waals surface area (Å²) >= 11 is 5.85. The lowest BCUT2D eigenvalue weighted by atomic mass is 10.2. The number of hydrogen-bond acceptors (Lipinski definition) is 3. The summed E-state index contributed by atoms with van der Waals surface area (Å²) in [6.07, 6.45) is 0.721. The highest BCUT2D eigenvalue weighted by Gasteiger charge is 2.27. The molecule has 1 saturated heterocycles. The van der Waals surface area contributed by atoms with Crippen LogP contribution in [0.4, 0.5) is 0 Å². The summed E-state index contributed by atoms with van der Waals surface area (Å²) in [6.45, 7) is 2.98. The molecule has 0 unspecified atom stereocenters. The van der Waals surface area contributed by atoms with E-state index in [-0.39, 0.29) is 11.6 Å². The van der Waals surface area contributed by atoms with Crippen molar-refractivity contribution in [3.63, 3.8) is 0 Å². The van der Waals surface area contributed by atoms with E-state index in [0.717, 1.165) is 6.42 Å². The molecule has 0 atom stereocenters. The van der Waals surface area contributed by atoms with Crippen molar-refractivity contribution < 1.29 is 13.2 Å². The molecule has 17 heavy (non-hydrogen) atoms. The van der Waals surface area contributed by atoms with Crippen molar-refractivity contribution in [2.24, 2.45) is 0 Å². The van der Waals surface area contributed by atoms with E-state index in [4.69, 9.17) is 16.3 Å². The lowest BCUT2D eigenvalue weighted by molar-refractivity contribution is 0.0313. The van der Waals surface area contributed by atoms with E-state index in [1.165, 1.54) is 10.4 Å². The van der Waals surface area contributed by atoms with Crippen LogP contribution in [0.1, 0.15) is 12.0 Å². The first-order valence-electron chi connectivity index (χ1n) is 5.36. The number of hydrogen-bond donors (Lipinski definition) is 0. The van der Waals surface area contributed by atoms with E-state index in [9.17, 15) is 8.42 Å². The molecule has 0 radical (unpaired) electrons. The SMILES string of the molecule is Cc1ccc(Cl)cc1S(=O)(=O)N1CCCOC1. The molecule has 0 amide bonds. The number of benzene rings is 1. The number of aryl methyl sites for hydroxylation is 1. The Bertz CT molecular complexity index is 509. The molecular weight excluding hydrogens is 262 g/mol. The number of nitrogens with zero attached hydrogens (tertiary/aromatic N) is 1. The number of rotatable bonds is 2. The van der Waals surface area contributed by atoms with Crippen LogP contribution in [-0.2, 0) is 14.8 Å². The molecule has 4 nitrogen and oxygen atoms in total. The molecule has 2 rings (SSSR count). The van der Waals surface area contributed by atoms with Crippen LogP contribution in [0, 0.1) is 6.92 Å². The maximum Gasteiger partial charge on any atom is 0.245 e. The van der Waals surface area contributed by atoms with Crippen LogP contribution >= 0.6 is 11.6 Å². The van der Waals surface area contributed by atoms with Crippen molar-refractivity contribution in [3.05, 3.63) is 28.8 Å². The minimum absolute atomic E-state index is 0.119. The van der Waals surface area contributed by atoms with E-state index >= 15 is 0 Å². The maximum absolute atomic E-state index is 12.3. The number of sulfonamides is 1. The molecule has 1 heterocycles. The van der Waals surface area contributed by atoms with Crippen molar-refractivity contribution in [2.45, 2.75) is 18.2 Å². The van der Waals surface area contributed by atoms with E-state index in [1.807, 2.05) is 0 Å². The minimum Gasteiger partial charge on any atom is -0.365 e. The van der Waals surface area contributed by atoms with Gasteiger partial charge in [-0.05, 0) is 31.0 Å². The molecule has 0 bridgehead atoms. The first kappa shape index (κ1) is 12.8. The Kier molecular flexibility index (Phi) is 3.73. The Balaban J connectivity index is 2.40. The van der Waals surface area contributed by atoms with Crippen LogP contribution in [0.15, 0.2) is 23.1 Å². The molecule has 0 aromatic heterocycles. The van der Waals surface area contributed by atoms with Gasteiger partial charge in [-0.15, -0.1) is 0 Å². The zero-order valence-electron chi connectivity index (χ0n) is 9.52. The smallest absolute Gasteiger partial charge is 0.245 e. The van der Waals surface area contributed by atoms with Crippen molar-refractivity contribution in [3.8, 4) is 0 Å². The zero-order valence-corrected chi connectivity index (χ0v) is 11.1. The highest BCUT2D eigenvalue weighted by Crippen LogP contribution is 2.24. The molecular formula is C11H14ClNO3S. The van der Waals surface area contributed by atoms with Gasteiger partial charge in [0.15, 0.2) is 0 Å². The quantitative estimate of drug-likeness (QED) is 0.830. The summed E-state index contributed by atoms with van der Waals surface area (Å²) in [7, 11) is -3.49. The van der Waals surface area contributed by atoms with E-state index < -0.39 is 10.0 Å².